The van der Waals surface area contributed by atoms with E-state index < -0.39 is 0 Å². The molecule has 0 aromatic heterocycles. The minimum Gasteiger partial charge on any atom is -0.311 e. The second kappa shape index (κ2) is 5.34. The van der Waals surface area contributed by atoms with Gasteiger partial charge in [-0.15, -0.1) is 0 Å². The lowest BCUT2D eigenvalue weighted by atomic mass is 10.0. The van der Waals surface area contributed by atoms with Gasteiger partial charge in [0, 0.05) is 12.1 Å². The molecule has 15 heavy (non-hydrogen) atoms. The molecular formula is C14H27N. The predicted octanol–water partition coefficient (Wildman–Crippen LogP) is 3.73. The molecule has 0 radical (unpaired) electrons. The summed E-state index contributed by atoms with van der Waals surface area (Å²) >= 11 is 0. The van der Waals surface area contributed by atoms with Crippen molar-refractivity contribution in [2.24, 2.45) is 11.8 Å². The Bertz CT molecular complexity index is 164. The summed E-state index contributed by atoms with van der Waals surface area (Å²) < 4.78 is 0. The van der Waals surface area contributed by atoms with E-state index in [1.54, 1.807) is 0 Å². The summed E-state index contributed by atoms with van der Waals surface area (Å²) in [6.07, 6.45) is 11.4. The van der Waals surface area contributed by atoms with Crippen LogP contribution in [0.15, 0.2) is 0 Å². The zero-order chi connectivity index (χ0) is 10.7. The van der Waals surface area contributed by atoms with Gasteiger partial charge in [-0.3, -0.25) is 0 Å². The van der Waals surface area contributed by atoms with Crippen molar-refractivity contribution in [3.05, 3.63) is 0 Å². The molecule has 0 aromatic rings. The van der Waals surface area contributed by atoms with Gasteiger partial charge in [0.15, 0.2) is 0 Å². The van der Waals surface area contributed by atoms with Crippen molar-refractivity contribution in [1.82, 2.24) is 5.32 Å². The zero-order valence-corrected chi connectivity index (χ0v) is 10.5. The van der Waals surface area contributed by atoms with Gasteiger partial charge in [-0.1, -0.05) is 26.7 Å². The first kappa shape index (κ1) is 11.4. The maximum absolute atomic E-state index is 3.98. The maximum atomic E-state index is 3.98. The second-order valence-electron chi connectivity index (χ2n) is 5.64. The SMILES string of the molecule is CCCC(CCC)NC(C1CC1)C1CC1. The fraction of sp³-hybridized carbons (Fsp3) is 1.00. The fourth-order valence-corrected chi connectivity index (χ4v) is 2.85. The molecule has 0 saturated heterocycles. The van der Waals surface area contributed by atoms with Crippen LogP contribution in [0.25, 0.3) is 0 Å². The molecule has 2 aliphatic carbocycles. The van der Waals surface area contributed by atoms with Crippen LogP contribution >= 0.6 is 0 Å². The maximum Gasteiger partial charge on any atom is 0.0126 e. The average molecular weight is 209 g/mol. The second-order valence-corrected chi connectivity index (χ2v) is 5.64. The van der Waals surface area contributed by atoms with Gasteiger partial charge in [0.05, 0.1) is 0 Å². The summed E-state index contributed by atoms with van der Waals surface area (Å²) in [5.41, 5.74) is 0. The van der Waals surface area contributed by atoms with Crippen LogP contribution in [0, 0.1) is 11.8 Å². The molecule has 1 N–H and O–H groups in total. The fourth-order valence-electron chi connectivity index (χ4n) is 2.85. The highest BCUT2D eigenvalue weighted by Crippen LogP contribution is 2.44. The molecule has 0 bridgehead atoms. The van der Waals surface area contributed by atoms with Gasteiger partial charge in [0.2, 0.25) is 0 Å². The van der Waals surface area contributed by atoms with E-state index in [0.717, 1.165) is 23.9 Å². The minimum absolute atomic E-state index is 0.811. The number of hydrogen-bond acceptors (Lipinski definition) is 1. The van der Waals surface area contributed by atoms with E-state index in [0.29, 0.717) is 0 Å². The van der Waals surface area contributed by atoms with Crippen molar-refractivity contribution in [2.45, 2.75) is 77.3 Å². The Morgan fingerprint density at radius 3 is 1.73 bits per heavy atom. The Morgan fingerprint density at radius 1 is 0.933 bits per heavy atom. The van der Waals surface area contributed by atoms with Crippen molar-refractivity contribution in [2.75, 3.05) is 0 Å². The van der Waals surface area contributed by atoms with Crippen molar-refractivity contribution >= 4 is 0 Å². The lowest BCUT2D eigenvalue weighted by Gasteiger charge is -2.25. The number of nitrogens with one attached hydrogen (secondary N) is 1. The quantitative estimate of drug-likeness (QED) is 0.642. The molecule has 0 aromatic carbocycles. The Kier molecular flexibility index (Phi) is 4.07. The molecule has 2 saturated carbocycles. The topological polar surface area (TPSA) is 12.0 Å². The number of hydrogen-bond donors (Lipinski definition) is 1. The lowest BCUT2D eigenvalue weighted by molar-refractivity contribution is 0.333. The lowest BCUT2D eigenvalue weighted by Crippen LogP contribution is -2.41. The smallest absolute Gasteiger partial charge is 0.0126 e. The van der Waals surface area contributed by atoms with Gasteiger partial charge < -0.3 is 5.32 Å². The van der Waals surface area contributed by atoms with Gasteiger partial charge >= 0.3 is 0 Å². The van der Waals surface area contributed by atoms with Gasteiger partial charge in [0.25, 0.3) is 0 Å². The third-order valence-corrected chi connectivity index (χ3v) is 3.96. The molecule has 1 nitrogen and oxygen atoms in total. The molecule has 2 rings (SSSR count). The summed E-state index contributed by atoms with van der Waals surface area (Å²) in [5, 5.41) is 3.98. The van der Waals surface area contributed by atoms with Crippen molar-refractivity contribution in [3.63, 3.8) is 0 Å². The van der Waals surface area contributed by atoms with Crippen molar-refractivity contribution < 1.29 is 0 Å². The molecule has 1 heteroatoms. The van der Waals surface area contributed by atoms with Gasteiger partial charge in [-0.25, -0.2) is 0 Å². The van der Waals surface area contributed by atoms with E-state index in [9.17, 15) is 0 Å². The minimum atomic E-state index is 0.811. The van der Waals surface area contributed by atoms with Crippen molar-refractivity contribution in [1.29, 1.82) is 0 Å². The number of rotatable bonds is 8. The molecule has 2 fully saturated rings. The van der Waals surface area contributed by atoms with Crippen LogP contribution in [0.4, 0.5) is 0 Å². The van der Waals surface area contributed by atoms with Crippen LogP contribution in [0.5, 0.6) is 0 Å². The third-order valence-electron chi connectivity index (χ3n) is 3.96. The summed E-state index contributed by atoms with van der Waals surface area (Å²) in [6, 6.07) is 1.71. The van der Waals surface area contributed by atoms with Crippen LogP contribution in [0.3, 0.4) is 0 Å². The van der Waals surface area contributed by atoms with E-state index in [4.69, 9.17) is 0 Å². The van der Waals surface area contributed by atoms with Crippen LogP contribution < -0.4 is 5.32 Å². The Hall–Kier alpha value is -0.0400. The standard InChI is InChI=1S/C14H27N/c1-3-5-13(6-4-2)15-14(11-7-8-11)12-9-10-12/h11-15H,3-10H2,1-2H3. The van der Waals surface area contributed by atoms with E-state index in [2.05, 4.69) is 19.2 Å². The van der Waals surface area contributed by atoms with Crippen LogP contribution in [0.2, 0.25) is 0 Å². The zero-order valence-electron chi connectivity index (χ0n) is 10.5. The van der Waals surface area contributed by atoms with E-state index >= 15 is 0 Å². The molecule has 0 heterocycles. The first-order valence-electron chi connectivity index (χ1n) is 7.11. The highest BCUT2D eigenvalue weighted by Gasteiger charge is 2.41. The first-order valence-corrected chi connectivity index (χ1v) is 7.11. The van der Waals surface area contributed by atoms with Gasteiger partial charge in [0.1, 0.15) is 0 Å². The molecule has 0 atom stereocenters. The molecule has 2 aliphatic rings. The van der Waals surface area contributed by atoms with E-state index in [-0.39, 0.29) is 0 Å². The highest BCUT2D eigenvalue weighted by atomic mass is 15.0. The average Bonchev–Trinajstić information content (AvgIpc) is 3.06. The largest absolute Gasteiger partial charge is 0.311 e. The summed E-state index contributed by atoms with van der Waals surface area (Å²) in [4.78, 5) is 0. The van der Waals surface area contributed by atoms with Gasteiger partial charge in [-0.05, 0) is 50.4 Å². The van der Waals surface area contributed by atoms with Crippen LogP contribution in [-0.4, -0.2) is 12.1 Å². The molecule has 0 unspecified atom stereocenters. The normalized spacial score (nSPS) is 21.6. The Balaban J connectivity index is 1.78. The molecule has 0 amide bonds. The van der Waals surface area contributed by atoms with Crippen molar-refractivity contribution in [3.8, 4) is 0 Å². The Morgan fingerprint density at radius 2 is 1.40 bits per heavy atom. The Labute approximate surface area is 95.0 Å². The van der Waals surface area contributed by atoms with Crippen LogP contribution in [0.1, 0.15) is 65.2 Å². The first-order chi connectivity index (χ1) is 7.35. The van der Waals surface area contributed by atoms with Crippen LogP contribution in [-0.2, 0) is 0 Å². The highest BCUT2D eigenvalue weighted by molar-refractivity contribution is 4.97. The molecule has 0 spiro atoms. The monoisotopic (exact) mass is 209 g/mol. The predicted molar refractivity (Wildman–Crippen MR) is 66.0 cm³/mol. The third kappa shape index (κ3) is 3.48. The molecule has 88 valence electrons. The summed E-state index contributed by atoms with van der Waals surface area (Å²) in [5.74, 6) is 2.10. The van der Waals surface area contributed by atoms with Gasteiger partial charge in [-0.2, -0.15) is 0 Å². The van der Waals surface area contributed by atoms with E-state index in [1.165, 1.54) is 51.4 Å². The summed E-state index contributed by atoms with van der Waals surface area (Å²) in [6.45, 7) is 4.63. The molecular weight excluding hydrogens is 182 g/mol. The van der Waals surface area contributed by atoms with E-state index in [1.807, 2.05) is 0 Å². The summed E-state index contributed by atoms with van der Waals surface area (Å²) in [7, 11) is 0. The molecule has 0 aliphatic heterocycles.